The van der Waals surface area contributed by atoms with E-state index in [0.717, 1.165) is 16.7 Å². The number of pyridine rings is 2. The Kier molecular flexibility index (Phi) is 3.47. The summed E-state index contributed by atoms with van der Waals surface area (Å²) in [5.74, 6) is -0.302. The molecule has 0 aliphatic carbocycles. The Hall–Kier alpha value is -2.95. The lowest BCUT2D eigenvalue weighted by molar-refractivity contribution is 0.628. The largest absolute Gasteiger partial charge is 0.397 e. The van der Waals surface area contributed by atoms with Crippen molar-refractivity contribution in [2.24, 2.45) is 7.05 Å². The predicted molar refractivity (Wildman–Crippen MR) is 84.7 cm³/mol. The van der Waals surface area contributed by atoms with Crippen molar-refractivity contribution >= 4 is 5.69 Å². The first-order valence-corrected chi connectivity index (χ1v) is 6.73. The maximum Gasteiger partial charge on any atom is 0.250 e. The van der Waals surface area contributed by atoms with Gasteiger partial charge in [0.2, 0.25) is 5.56 Å². The number of benzene rings is 1. The number of aromatic nitrogens is 2. The summed E-state index contributed by atoms with van der Waals surface area (Å²) in [6.45, 7) is 0. The summed E-state index contributed by atoms with van der Waals surface area (Å²) in [7, 11) is 1.68. The molecule has 0 bridgehead atoms. The average Bonchev–Trinajstić information content (AvgIpc) is 2.51. The van der Waals surface area contributed by atoms with Gasteiger partial charge in [-0.25, -0.2) is 4.39 Å². The van der Waals surface area contributed by atoms with Crippen LogP contribution in [0.2, 0.25) is 0 Å². The molecule has 0 saturated carbocycles. The quantitative estimate of drug-likeness (QED) is 0.791. The first kappa shape index (κ1) is 14.0. The van der Waals surface area contributed by atoms with Gasteiger partial charge in [-0.05, 0) is 29.8 Å². The summed E-state index contributed by atoms with van der Waals surface area (Å²) >= 11 is 0. The van der Waals surface area contributed by atoms with Crippen LogP contribution >= 0.6 is 0 Å². The van der Waals surface area contributed by atoms with Crippen LogP contribution in [0.4, 0.5) is 10.1 Å². The molecule has 2 aromatic heterocycles. The van der Waals surface area contributed by atoms with Crippen LogP contribution in [0.15, 0.2) is 59.7 Å². The molecule has 1 aromatic carbocycles. The lowest BCUT2D eigenvalue weighted by Gasteiger charge is -2.11. The van der Waals surface area contributed by atoms with E-state index in [1.54, 1.807) is 43.7 Å². The molecule has 0 spiro atoms. The highest BCUT2D eigenvalue weighted by Crippen LogP contribution is 2.31. The molecule has 110 valence electrons. The van der Waals surface area contributed by atoms with Crippen molar-refractivity contribution in [2.75, 3.05) is 5.73 Å². The molecule has 0 aliphatic heterocycles. The van der Waals surface area contributed by atoms with Crippen LogP contribution < -0.4 is 11.3 Å². The second-order valence-electron chi connectivity index (χ2n) is 5.04. The Morgan fingerprint density at radius 2 is 1.77 bits per heavy atom. The third-order valence-electron chi connectivity index (χ3n) is 3.42. The minimum Gasteiger partial charge on any atom is -0.397 e. The van der Waals surface area contributed by atoms with Gasteiger partial charge in [0, 0.05) is 30.4 Å². The van der Waals surface area contributed by atoms with Crippen molar-refractivity contribution in [2.45, 2.75) is 0 Å². The third-order valence-corrected chi connectivity index (χ3v) is 3.42. The lowest BCUT2D eigenvalue weighted by Crippen LogP contribution is -2.14. The summed E-state index contributed by atoms with van der Waals surface area (Å²) in [6, 6.07) is 11.1. The molecule has 3 aromatic rings. The smallest absolute Gasteiger partial charge is 0.250 e. The SMILES string of the molecule is Cn1cc(-c2ncc(N)cc2-c2ccc(F)cc2)ccc1=O. The third kappa shape index (κ3) is 2.61. The van der Waals surface area contributed by atoms with Gasteiger partial charge in [-0.1, -0.05) is 12.1 Å². The van der Waals surface area contributed by atoms with Crippen LogP contribution in [0, 0.1) is 5.82 Å². The van der Waals surface area contributed by atoms with Crippen LogP contribution in [0.1, 0.15) is 0 Å². The standard InChI is InChI=1S/C17H14FN3O/c1-21-10-12(4-7-16(21)22)17-15(8-14(19)9-20-17)11-2-5-13(18)6-3-11/h2-10H,19H2,1H3. The number of hydrogen-bond acceptors (Lipinski definition) is 3. The van der Waals surface area contributed by atoms with E-state index >= 15 is 0 Å². The number of halogens is 1. The first-order valence-electron chi connectivity index (χ1n) is 6.73. The zero-order valence-electron chi connectivity index (χ0n) is 12.0. The Bertz CT molecular complexity index is 885. The molecule has 2 N–H and O–H groups in total. The Balaban J connectivity index is 2.21. The maximum atomic E-state index is 13.1. The maximum absolute atomic E-state index is 13.1. The van der Waals surface area contributed by atoms with Gasteiger partial charge in [0.05, 0.1) is 17.6 Å². The molecule has 0 saturated heterocycles. The van der Waals surface area contributed by atoms with E-state index in [-0.39, 0.29) is 11.4 Å². The molecule has 0 atom stereocenters. The number of anilines is 1. The number of rotatable bonds is 2. The number of nitrogens with zero attached hydrogens (tertiary/aromatic N) is 2. The molecule has 0 aliphatic rings. The van der Waals surface area contributed by atoms with Gasteiger partial charge in [0.25, 0.3) is 0 Å². The molecular weight excluding hydrogens is 281 g/mol. The van der Waals surface area contributed by atoms with E-state index in [0.29, 0.717) is 11.4 Å². The van der Waals surface area contributed by atoms with Crippen LogP contribution in [-0.4, -0.2) is 9.55 Å². The minimum absolute atomic E-state index is 0.0949. The van der Waals surface area contributed by atoms with Crippen molar-refractivity contribution in [3.05, 3.63) is 71.0 Å². The van der Waals surface area contributed by atoms with Crippen LogP contribution in [0.3, 0.4) is 0 Å². The number of nitrogens with two attached hydrogens (primary N) is 1. The summed E-state index contributed by atoms with van der Waals surface area (Å²) in [4.78, 5) is 15.9. The molecule has 0 radical (unpaired) electrons. The summed E-state index contributed by atoms with van der Waals surface area (Å²) in [5, 5.41) is 0. The monoisotopic (exact) mass is 295 g/mol. The number of nitrogen functional groups attached to an aromatic ring is 1. The van der Waals surface area contributed by atoms with E-state index in [2.05, 4.69) is 4.98 Å². The Morgan fingerprint density at radius 1 is 1.09 bits per heavy atom. The zero-order chi connectivity index (χ0) is 15.7. The van der Waals surface area contributed by atoms with E-state index < -0.39 is 0 Å². The normalized spacial score (nSPS) is 10.6. The molecule has 4 nitrogen and oxygen atoms in total. The highest BCUT2D eigenvalue weighted by Gasteiger charge is 2.11. The molecular formula is C17H14FN3O. The summed E-state index contributed by atoms with van der Waals surface area (Å²) in [6.07, 6.45) is 3.28. The fourth-order valence-electron chi connectivity index (χ4n) is 2.29. The van der Waals surface area contributed by atoms with Crippen molar-refractivity contribution in [1.29, 1.82) is 0 Å². The number of aryl methyl sites for hydroxylation is 1. The number of hydrogen-bond donors (Lipinski definition) is 1. The van der Waals surface area contributed by atoms with Crippen molar-refractivity contribution in [3.8, 4) is 22.4 Å². The van der Waals surface area contributed by atoms with Gasteiger partial charge in [-0.15, -0.1) is 0 Å². The fraction of sp³-hybridized carbons (Fsp3) is 0.0588. The van der Waals surface area contributed by atoms with Gasteiger partial charge in [-0.2, -0.15) is 0 Å². The van der Waals surface area contributed by atoms with E-state index in [9.17, 15) is 9.18 Å². The lowest BCUT2D eigenvalue weighted by atomic mass is 10.00. The second-order valence-corrected chi connectivity index (χ2v) is 5.04. The molecule has 3 rings (SSSR count). The van der Waals surface area contributed by atoms with Crippen LogP contribution in [0.25, 0.3) is 22.4 Å². The molecule has 0 unspecified atom stereocenters. The van der Waals surface area contributed by atoms with Crippen molar-refractivity contribution in [3.63, 3.8) is 0 Å². The van der Waals surface area contributed by atoms with Crippen LogP contribution in [0.5, 0.6) is 0 Å². The first-order chi connectivity index (χ1) is 10.5. The summed E-state index contributed by atoms with van der Waals surface area (Å²) < 4.78 is 14.6. The molecule has 22 heavy (non-hydrogen) atoms. The topological polar surface area (TPSA) is 60.9 Å². The molecule has 0 amide bonds. The summed E-state index contributed by atoms with van der Waals surface area (Å²) in [5.41, 5.74) is 9.35. The second kappa shape index (κ2) is 5.44. The van der Waals surface area contributed by atoms with E-state index in [4.69, 9.17) is 5.73 Å². The molecule has 5 heteroatoms. The van der Waals surface area contributed by atoms with E-state index in [1.165, 1.54) is 22.8 Å². The van der Waals surface area contributed by atoms with Gasteiger partial charge in [-0.3, -0.25) is 9.78 Å². The average molecular weight is 295 g/mol. The highest BCUT2D eigenvalue weighted by molar-refractivity contribution is 5.82. The van der Waals surface area contributed by atoms with Gasteiger partial charge >= 0.3 is 0 Å². The Morgan fingerprint density at radius 3 is 2.45 bits per heavy atom. The fourth-order valence-corrected chi connectivity index (χ4v) is 2.29. The van der Waals surface area contributed by atoms with Crippen LogP contribution in [-0.2, 0) is 7.05 Å². The van der Waals surface area contributed by atoms with Crippen molar-refractivity contribution < 1.29 is 4.39 Å². The van der Waals surface area contributed by atoms with E-state index in [1.807, 2.05) is 0 Å². The van der Waals surface area contributed by atoms with Gasteiger partial charge in [0.15, 0.2) is 0 Å². The van der Waals surface area contributed by atoms with Gasteiger partial charge < -0.3 is 10.3 Å². The predicted octanol–water partition coefficient (Wildman–Crippen LogP) is 2.84. The molecule has 0 fully saturated rings. The highest BCUT2D eigenvalue weighted by atomic mass is 19.1. The van der Waals surface area contributed by atoms with Gasteiger partial charge in [0.1, 0.15) is 5.82 Å². The Labute approximate surface area is 126 Å². The molecule has 2 heterocycles. The van der Waals surface area contributed by atoms with Crippen molar-refractivity contribution in [1.82, 2.24) is 9.55 Å². The minimum atomic E-state index is -0.302. The zero-order valence-corrected chi connectivity index (χ0v) is 12.0.